The maximum absolute atomic E-state index is 12.3. The van der Waals surface area contributed by atoms with Crippen LogP contribution in [0.4, 0.5) is 5.69 Å². The average molecular weight is 381 g/mol. The fourth-order valence-electron chi connectivity index (χ4n) is 2.55. The fraction of sp³-hybridized carbons (Fsp3) is 0.136. The van der Waals surface area contributed by atoms with E-state index in [1.807, 2.05) is 78.9 Å². The van der Waals surface area contributed by atoms with E-state index in [1.165, 1.54) is 0 Å². The third-order valence-corrected chi connectivity index (χ3v) is 4.30. The van der Waals surface area contributed by atoms with Crippen molar-refractivity contribution in [1.29, 1.82) is 0 Å². The summed E-state index contributed by atoms with van der Waals surface area (Å²) in [5, 5.41) is 6.87. The minimum absolute atomic E-state index is 0.0780. The number of carbonyl (C=O) groups excluding carboxylic acids is 1. The molecule has 0 aromatic heterocycles. The summed E-state index contributed by atoms with van der Waals surface area (Å²) < 4.78 is 5.86. The van der Waals surface area contributed by atoms with E-state index in [4.69, 9.17) is 16.3 Å². The molecule has 0 aliphatic heterocycles. The van der Waals surface area contributed by atoms with Crippen molar-refractivity contribution in [3.63, 3.8) is 0 Å². The van der Waals surface area contributed by atoms with Crippen molar-refractivity contribution in [2.75, 3.05) is 11.9 Å². The van der Waals surface area contributed by atoms with Gasteiger partial charge in [0.15, 0.2) is 5.75 Å². The first-order valence-electron chi connectivity index (χ1n) is 8.78. The van der Waals surface area contributed by atoms with E-state index in [-0.39, 0.29) is 5.91 Å². The van der Waals surface area contributed by atoms with E-state index in [0.29, 0.717) is 30.9 Å². The highest BCUT2D eigenvalue weighted by Gasteiger charge is 2.08. The zero-order chi connectivity index (χ0) is 18.9. The number of anilines is 1. The highest BCUT2D eigenvalue weighted by Crippen LogP contribution is 2.29. The molecule has 2 N–H and O–H groups in total. The Labute approximate surface area is 164 Å². The standard InChI is InChI=1S/C22H21ClN2O2/c23-19-11-5-4-8-17(19)16-24-15-14-22(26)25-20-12-6-7-13-21(20)27-18-9-2-1-3-10-18/h1-13,24H,14-16H2,(H,25,26). The molecule has 0 radical (unpaired) electrons. The SMILES string of the molecule is O=C(CCNCc1ccccc1Cl)Nc1ccccc1Oc1ccccc1. The van der Waals surface area contributed by atoms with Crippen LogP contribution in [0.15, 0.2) is 78.9 Å². The number of rotatable bonds is 8. The summed E-state index contributed by atoms with van der Waals surface area (Å²) >= 11 is 6.12. The van der Waals surface area contributed by atoms with Gasteiger partial charge in [-0.1, -0.05) is 60.1 Å². The molecule has 0 bridgehead atoms. The van der Waals surface area contributed by atoms with Crippen LogP contribution in [0.1, 0.15) is 12.0 Å². The number of hydrogen-bond acceptors (Lipinski definition) is 3. The maximum Gasteiger partial charge on any atom is 0.225 e. The molecule has 0 spiro atoms. The van der Waals surface area contributed by atoms with Gasteiger partial charge in [-0.05, 0) is 35.9 Å². The van der Waals surface area contributed by atoms with E-state index >= 15 is 0 Å². The van der Waals surface area contributed by atoms with Gasteiger partial charge in [0.25, 0.3) is 0 Å². The van der Waals surface area contributed by atoms with Crippen molar-refractivity contribution < 1.29 is 9.53 Å². The van der Waals surface area contributed by atoms with Crippen molar-refractivity contribution in [2.24, 2.45) is 0 Å². The molecular formula is C22H21ClN2O2. The van der Waals surface area contributed by atoms with Crippen LogP contribution in [0.3, 0.4) is 0 Å². The molecule has 0 aliphatic carbocycles. The zero-order valence-corrected chi connectivity index (χ0v) is 15.6. The first kappa shape index (κ1) is 19.0. The molecule has 0 aliphatic rings. The van der Waals surface area contributed by atoms with Gasteiger partial charge in [-0.3, -0.25) is 4.79 Å². The monoisotopic (exact) mass is 380 g/mol. The van der Waals surface area contributed by atoms with E-state index in [0.717, 1.165) is 16.3 Å². The molecule has 3 rings (SSSR count). The number of para-hydroxylation sites is 3. The average Bonchev–Trinajstić information content (AvgIpc) is 2.69. The summed E-state index contributed by atoms with van der Waals surface area (Å²) in [5.41, 5.74) is 1.67. The second kappa shape index (κ2) is 9.76. The molecule has 3 aromatic rings. The van der Waals surface area contributed by atoms with Gasteiger partial charge in [0.05, 0.1) is 5.69 Å². The van der Waals surface area contributed by atoms with Gasteiger partial charge in [-0.2, -0.15) is 0 Å². The Morgan fingerprint density at radius 3 is 2.41 bits per heavy atom. The Bertz CT molecular complexity index is 884. The largest absolute Gasteiger partial charge is 0.455 e. The van der Waals surface area contributed by atoms with Gasteiger partial charge in [-0.25, -0.2) is 0 Å². The fourth-order valence-corrected chi connectivity index (χ4v) is 2.76. The predicted octanol–water partition coefficient (Wildman–Crippen LogP) is 5.25. The molecule has 27 heavy (non-hydrogen) atoms. The Balaban J connectivity index is 1.50. The molecule has 138 valence electrons. The van der Waals surface area contributed by atoms with Crippen molar-refractivity contribution in [3.8, 4) is 11.5 Å². The van der Waals surface area contributed by atoms with Crippen LogP contribution in [-0.4, -0.2) is 12.5 Å². The van der Waals surface area contributed by atoms with Crippen LogP contribution in [-0.2, 0) is 11.3 Å². The van der Waals surface area contributed by atoms with Gasteiger partial charge in [0.2, 0.25) is 5.91 Å². The molecule has 4 nitrogen and oxygen atoms in total. The summed E-state index contributed by atoms with van der Waals surface area (Å²) in [6.07, 6.45) is 0.351. The predicted molar refractivity (Wildman–Crippen MR) is 109 cm³/mol. The van der Waals surface area contributed by atoms with Gasteiger partial charge in [0.1, 0.15) is 5.75 Å². The van der Waals surface area contributed by atoms with Crippen molar-refractivity contribution in [2.45, 2.75) is 13.0 Å². The smallest absolute Gasteiger partial charge is 0.225 e. The van der Waals surface area contributed by atoms with Gasteiger partial charge in [0, 0.05) is 24.5 Å². The highest BCUT2D eigenvalue weighted by molar-refractivity contribution is 6.31. The van der Waals surface area contributed by atoms with E-state index in [2.05, 4.69) is 10.6 Å². The Morgan fingerprint density at radius 2 is 1.59 bits per heavy atom. The summed E-state index contributed by atoms with van der Waals surface area (Å²) in [7, 11) is 0. The minimum atomic E-state index is -0.0780. The van der Waals surface area contributed by atoms with E-state index in [9.17, 15) is 4.79 Å². The molecule has 3 aromatic carbocycles. The number of nitrogens with one attached hydrogen (secondary N) is 2. The van der Waals surface area contributed by atoms with Gasteiger partial charge >= 0.3 is 0 Å². The second-order valence-corrected chi connectivity index (χ2v) is 6.38. The van der Waals surface area contributed by atoms with E-state index in [1.54, 1.807) is 0 Å². The lowest BCUT2D eigenvalue weighted by Gasteiger charge is -2.12. The number of benzene rings is 3. The van der Waals surface area contributed by atoms with Crippen molar-refractivity contribution in [1.82, 2.24) is 5.32 Å². The van der Waals surface area contributed by atoms with Crippen molar-refractivity contribution in [3.05, 3.63) is 89.4 Å². The van der Waals surface area contributed by atoms with Crippen LogP contribution >= 0.6 is 11.6 Å². The molecule has 0 unspecified atom stereocenters. The summed E-state index contributed by atoms with van der Waals surface area (Å²) in [6, 6.07) is 24.5. The lowest BCUT2D eigenvalue weighted by Crippen LogP contribution is -2.21. The van der Waals surface area contributed by atoms with Crippen LogP contribution in [0.2, 0.25) is 5.02 Å². The summed E-state index contributed by atoms with van der Waals surface area (Å²) in [6.45, 7) is 1.18. The quantitative estimate of drug-likeness (QED) is 0.525. The Hall–Kier alpha value is -2.82. The number of ether oxygens (including phenoxy) is 1. The summed E-state index contributed by atoms with van der Waals surface area (Å²) in [5.74, 6) is 1.26. The third kappa shape index (κ3) is 5.84. The molecule has 1 amide bonds. The lowest BCUT2D eigenvalue weighted by molar-refractivity contribution is -0.116. The number of halogens is 1. The first-order valence-corrected chi connectivity index (χ1v) is 9.16. The van der Waals surface area contributed by atoms with Crippen LogP contribution in [0.25, 0.3) is 0 Å². The van der Waals surface area contributed by atoms with Crippen LogP contribution in [0.5, 0.6) is 11.5 Å². The minimum Gasteiger partial charge on any atom is -0.455 e. The third-order valence-electron chi connectivity index (χ3n) is 3.93. The molecule has 5 heteroatoms. The van der Waals surface area contributed by atoms with E-state index < -0.39 is 0 Å². The molecule has 0 fully saturated rings. The zero-order valence-electron chi connectivity index (χ0n) is 14.8. The molecule has 0 heterocycles. The van der Waals surface area contributed by atoms with Gasteiger partial charge < -0.3 is 15.4 Å². The van der Waals surface area contributed by atoms with Crippen LogP contribution in [0, 0.1) is 0 Å². The topological polar surface area (TPSA) is 50.4 Å². The number of amides is 1. The number of carbonyl (C=O) groups is 1. The normalized spacial score (nSPS) is 10.4. The maximum atomic E-state index is 12.3. The Kier molecular flexibility index (Phi) is 6.85. The Morgan fingerprint density at radius 1 is 0.889 bits per heavy atom. The highest BCUT2D eigenvalue weighted by atomic mass is 35.5. The second-order valence-electron chi connectivity index (χ2n) is 5.98. The summed E-state index contributed by atoms with van der Waals surface area (Å²) in [4.78, 5) is 12.3. The van der Waals surface area contributed by atoms with Gasteiger partial charge in [-0.15, -0.1) is 0 Å². The van der Waals surface area contributed by atoms with Crippen molar-refractivity contribution >= 4 is 23.2 Å². The molecule has 0 atom stereocenters. The first-order chi connectivity index (χ1) is 13.2. The molecular weight excluding hydrogens is 360 g/mol. The molecule has 0 saturated heterocycles. The lowest BCUT2D eigenvalue weighted by atomic mass is 10.2. The molecule has 0 saturated carbocycles. The number of hydrogen-bond donors (Lipinski definition) is 2. The van der Waals surface area contributed by atoms with Crippen LogP contribution < -0.4 is 15.4 Å².